The number of rotatable bonds is 2. The van der Waals surface area contributed by atoms with Gasteiger partial charge in [0.05, 0.1) is 16.3 Å². The molecule has 0 unspecified atom stereocenters. The maximum absolute atomic E-state index is 5.94. The van der Waals surface area contributed by atoms with E-state index in [-0.39, 0.29) is 0 Å². The smallest absolute Gasteiger partial charge is 0.156 e. The van der Waals surface area contributed by atoms with Crippen molar-refractivity contribution < 1.29 is 4.74 Å². The standard InChI is InChI=1S/C12H16BrNO/c13-10-7-4-8-11(14)12(10)15-9-5-2-1-3-6-9/h4,7-9H,1-3,5-6,14H2. The molecule has 0 saturated heterocycles. The molecule has 1 saturated carbocycles. The Morgan fingerprint density at radius 1 is 1.20 bits per heavy atom. The van der Waals surface area contributed by atoms with Gasteiger partial charge in [-0.15, -0.1) is 0 Å². The highest BCUT2D eigenvalue weighted by atomic mass is 79.9. The lowest BCUT2D eigenvalue weighted by Crippen LogP contribution is -2.20. The summed E-state index contributed by atoms with van der Waals surface area (Å²) in [6, 6.07) is 5.77. The van der Waals surface area contributed by atoms with Crippen LogP contribution in [-0.2, 0) is 0 Å². The van der Waals surface area contributed by atoms with Gasteiger partial charge in [0, 0.05) is 0 Å². The molecule has 1 aliphatic carbocycles. The molecule has 0 atom stereocenters. The monoisotopic (exact) mass is 269 g/mol. The van der Waals surface area contributed by atoms with Crippen molar-refractivity contribution in [1.29, 1.82) is 0 Å². The van der Waals surface area contributed by atoms with Crippen LogP contribution in [0.4, 0.5) is 5.69 Å². The minimum atomic E-state index is 0.347. The Bertz CT molecular complexity index is 314. The Morgan fingerprint density at radius 2 is 1.93 bits per heavy atom. The van der Waals surface area contributed by atoms with Gasteiger partial charge in [0.1, 0.15) is 0 Å². The minimum absolute atomic E-state index is 0.347. The van der Waals surface area contributed by atoms with Crippen LogP contribution in [0.15, 0.2) is 22.7 Å². The summed E-state index contributed by atoms with van der Waals surface area (Å²) in [5.74, 6) is 0.810. The fourth-order valence-electron chi connectivity index (χ4n) is 2.00. The summed E-state index contributed by atoms with van der Waals surface area (Å²) >= 11 is 3.47. The number of nitrogens with two attached hydrogens (primary N) is 1. The molecule has 15 heavy (non-hydrogen) atoms. The molecular formula is C12H16BrNO. The van der Waals surface area contributed by atoms with Gasteiger partial charge in [-0.05, 0) is 53.7 Å². The van der Waals surface area contributed by atoms with E-state index in [0.29, 0.717) is 6.10 Å². The lowest BCUT2D eigenvalue weighted by Gasteiger charge is -2.24. The average molecular weight is 270 g/mol. The zero-order valence-corrected chi connectivity index (χ0v) is 10.3. The Hall–Kier alpha value is -0.700. The Kier molecular flexibility index (Phi) is 3.52. The number of para-hydroxylation sites is 1. The number of halogens is 1. The average Bonchev–Trinajstić information content (AvgIpc) is 2.25. The van der Waals surface area contributed by atoms with Crippen LogP contribution in [0.3, 0.4) is 0 Å². The SMILES string of the molecule is Nc1cccc(Br)c1OC1CCCCC1. The van der Waals surface area contributed by atoms with Gasteiger partial charge in [-0.2, -0.15) is 0 Å². The predicted octanol–water partition coefficient (Wildman–Crippen LogP) is 3.74. The Labute approximate surface area is 98.9 Å². The first-order valence-electron chi connectivity index (χ1n) is 5.48. The summed E-state index contributed by atoms with van der Waals surface area (Å²) in [7, 11) is 0. The minimum Gasteiger partial charge on any atom is -0.487 e. The number of ether oxygens (including phenoxy) is 1. The van der Waals surface area contributed by atoms with Crippen LogP contribution in [0.5, 0.6) is 5.75 Å². The van der Waals surface area contributed by atoms with Crippen molar-refractivity contribution in [2.75, 3.05) is 5.73 Å². The fourth-order valence-corrected chi connectivity index (χ4v) is 2.47. The van der Waals surface area contributed by atoms with Crippen LogP contribution in [-0.4, -0.2) is 6.10 Å². The highest BCUT2D eigenvalue weighted by Gasteiger charge is 2.17. The summed E-state index contributed by atoms with van der Waals surface area (Å²) in [5.41, 5.74) is 6.60. The molecule has 2 rings (SSSR count). The van der Waals surface area contributed by atoms with Crippen molar-refractivity contribution >= 4 is 21.6 Å². The molecule has 1 fully saturated rings. The molecular weight excluding hydrogens is 254 g/mol. The molecule has 0 radical (unpaired) electrons. The zero-order valence-electron chi connectivity index (χ0n) is 8.71. The highest BCUT2D eigenvalue weighted by molar-refractivity contribution is 9.10. The van der Waals surface area contributed by atoms with Crippen molar-refractivity contribution in [2.24, 2.45) is 0 Å². The van der Waals surface area contributed by atoms with Crippen molar-refractivity contribution in [1.82, 2.24) is 0 Å². The maximum atomic E-state index is 5.94. The molecule has 2 N–H and O–H groups in total. The zero-order chi connectivity index (χ0) is 10.7. The van der Waals surface area contributed by atoms with Crippen LogP contribution in [0.2, 0.25) is 0 Å². The molecule has 0 aromatic heterocycles. The van der Waals surface area contributed by atoms with E-state index in [1.165, 1.54) is 19.3 Å². The third-order valence-corrected chi connectivity index (χ3v) is 3.46. The third-order valence-electron chi connectivity index (χ3n) is 2.83. The molecule has 2 nitrogen and oxygen atoms in total. The second kappa shape index (κ2) is 4.88. The fraction of sp³-hybridized carbons (Fsp3) is 0.500. The van der Waals surface area contributed by atoms with Gasteiger partial charge < -0.3 is 10.5 Å². The van der Waals surface area contributed by atoms with E-state index >= 15 is 0 Å². The van der Waals surface area contributed by atoms with Crippen LogP contribution in [0.1, 0.15) is 32.1 Å². The molecule has 0 aliphatic heterocycles. The number of benzene rings is 1. The molecule has 1 aromatic rings. The second-order valence-electron chi connectivity index (χ2n) is 4.04. The van der Waals surface area contributed by atoms with Crippen molar-refractivity contribution in [3.63, 3.8) is 0 Å². The number of nitrogen functional groups attached to an aromatic ring is 1. The Morgan fingerprint density at radius 3 is 2.60 bits per heavy atom. The first-order chi connectivity index (χ1) is 7.27. The summed E-state index contributed by atoms with van der Waals surface area (Å²) < 4.78 is 6.90. The molecule has 0 amide bonds. The summed E-state index contributed by atoms with van der Waals surface area (Å²) in [4.78, 5) is 0. The van der Waals surface area contributed by atoms with Gasteiger partial charge in [-0.3, -0.25) is 0 Å². The van der Waals surface area contributed by atoms with Crippen LogP contribution in [0, 0.1) is 0 Å². The maximum Gasteiger partial charge on any atom is 0.156 e. The van der Waals surface area contributed by atoms with E-state index < -0.39 is 0 Å². The van der Waals surface area contributed by atoms with Crippen LogP contribution in [0.25, 0.3) is 0 Å². The van der Waals surface area contributed by atoms with Gasteiger partial charge >= 0.3 is 0 Å². The summed E-state index contributed by atoms with van der Waals surface area (Å²) in [6.45, 7) is 0. The molecule has 1 aromatic carbocycles. The van der Waals surface area contributed by atoms with E-state index in [2.05, 4.69) is 15.9 Å². The third kappa shape index (κ3) is 2.65. The van der Waals surface area contributed by atoms with E-state index in [0.717, 1.165) is 28.8 Å². The first-order valence-corrected chi connectivity index (χ1v) is 6.27. The van der Waals surface area contributed by atoms with Gasteiger partial charge in [0.15, 0.2) is 5.75 Å². The molecule has 0 heterocycles. The lowest BCUT2D eigenvalue weighted by molar-refractivity contribution is 0.155. The molecule has 3 heteroatoms. The number of hydrogen-bond acceptors (Lipinski definition) is 2. The van der Waals surface area contributed by atoms with E-state index in [9.17, 15) is 0 Å². The molecule has 0 bridgehead atoms. The first kappa shape index (κ1) is 10.8. The topological polar surface area (TPSA) is 35.2 Å². The van der Waals surface area contributed by atoms with Gasteiger partial charge in [-0.25, -0.2) is 0 Å². The van der Waals surface area contributed by atoms with E-state index in [4.69, 9.17) is 10.5 Å². The van der Waals surface area contributed by atoms with Crippen LogP contribution < -0.4 is 10.5 Å². The predicted molar refractivity (Wildman–Crippen MR) is 66.1 cm³/mol. The van der Waals surface area contributed by atoms with Gasteiger partial charge in [0.2, 0.25) is 0 Å². The van der Waals surface area contributed by atoms with Crippen LogP contribution >= 0.6 is 15.9 Å². The van der Waals surface area contributed by atoms with Crippen molar-refractivity contribution in [2.45, 2.75) is 38.2 Å². The van der Waals surface area contributed by atoms with Gasteiger partial charge in [0.25, 0.3) is 0 Å². The van der Waals surface area contributed by atoms with Crippen molar-refractivity contribution in [3.05, 3.63) is 22.7 Å². The molecule has 82 valence electrons. The summed E-state index contributed by atoms with van der Waals surface area (Å²) in [6.07, 6.45) is 6.54. The Balaban J connectivity index is 2.09. The summed E-state index contributed by atoms with van der Waals surface area (Å²) in [5, 5.41) is 0. The van der Waals surface area contributed by atoms with E-state index in [1.807, 2.05) is 18.2 Å². The van der Waals surface area contributed by atoms with E-state index in [1.54, 1.807) is 0 Å². The highest BCUT2D eigenvalue weighted by Crippen LogP contribution is 2.34. The largest absolute Gasteiger partial charge is 0.487 e. The second-order valence-corrected chi connectivity index (χ2v) is 4.89. The quantitative estimate of drug-likeness (QED) is 0.831. The van der Waals surface area contributed by atoms with Gasteiger partial charge in [-0.1, -0.05) is 12.5 Å². The normalized spacial score (nSPS) is 17.7. The molecule has 0 spiro atoms. The number of anilines is 1. The van der Waals surface area contributed by atoms with Crippen molar-refractivity contribution in [3.8, 4) is 5.75 Å². The lowest BCUT2D eigenvalue weighted by atomic mass is 9.98. The number of hydrogen-bond donors (Lipinski definition) is 1. The molecule has 1 aliphatic rings.